The Balaban J connectivity index is 1.32. The Hall–Kier alpha value is -2.45. The molecule has 0 atom stereocenters. The lowest BCUT2D eigenvalue weighted by atomic mass is 10.1. The van der Waals surface area contributed by atoms with Crippen molar-refractivity contribution < 1.29 is 17.9 Å². The number of fused-ring (bicyclic) bond motifs is 1. The van der Waals surface area contributed by atoms with E-state index in [0.717, 1.165) is 56.2 Å². The lowest BCUT2D eigenvalue weighted by molar-refractivity contribution is 0.174. The molecule has 144 valence electrons. The topological polar surface area (TPSA) is 71.1 Å². The normalized spacial score (nSPS) is 17.1. The van der Waals surface area contributed by atoms with Gasteiger partial charge in [-0.1, -0.05) is 6.07 Å². The van der Waals surface area contributed by atoms with Crippen LogP contribution in [0.2, 0.25) is 0 Å². The maximum absolute atomic E-state index is 11.3. The molecule has 2 aromatic carbocycles. The van der Waals surface area contributed by atoms with Crippen molar-refractivity contribution in [3.8, 4) is 11.5 Å². The first-order valence-corrected chi connectivity index (χ1v) is 10.8. The summed E-state index contributed by atoms with van der Waals surface area (Å²) in [7, 11) is -3.24. The second-order valence-electron chi connectivity index (χ2n) is 6.87. The van der Waals surface area contributed by atoms with Crippen molar-refractivity contribution in [3.63, 3.8) is 0 Å². The average Bonchev–Trinajstić information content (AvgIpc) is 3.10. The van der Waals surface area contributed by atoms with Crippen molar-refractivity contribution in [2.24, 2.45) is 0 Å². The number of rotatable bonds is 5. The summed E-state index contributed by atoms with van der Waals surface area (Å²) in [5, 5.41) is 0. The SMILES string of the molecule is CS(=O)(=O)Nc1ccc(N2CCN(Cc3ccc4c(c3)OCO4)CC2)cc1. The van der Waals surface area contributed by atoms with Crippen molar-refractivity contribution in [1.29, 1.82) is 0 Å². The van der Waals surface area contributed by atoms with E-state index in [9.17, 15) is 8.42 Å². The number of nitrogens with zero attached hydrogens (tertiary/aromatic N) is 2. The zero-order valence-electron chi connectivity index (χ0n) is 15.2. The van der Waals surface area contributed by atoms with Crippen molar-refractivity contribution in [3.05, 3.63) is 48.0 Å². The maximum atomic E-state index is 11.3. The van der Waals surface area contributed by atoms with Gasteiger partial charge in [0.05, 0.1) is 6.26 Å². The molecule has 2 aromatic rings. The number of nitrogens with one attached hydrogen (secondary N) is 1. The highest BCUT2D eigenvalue weighted by Gasteiger charge is 2.19. The molecule has 1 N–H and O–H groups in total. The van der Waals surface area contributed by atoms with Gasteiger partial charge in [-0.3, -0.25) is 9.62 Å². The maximum Gasteiger partial charge on any atom is 0.231 e. The van der Waals surface area contributed by atoms with E-state index in [1.54, 1.807) is 12.1 Å². The summed E-state index contributed by atoms with van der Waals surface area (Å²) in [6.07, 6.45) is 1.15. The van der Waals surface area contributed by atoms with Crippen LogP contribution < -0.4 is 19.1 Å². The first kappa shape index (κ1) is 17.9. The minimum Gasteiger partial charge on any atom is -0.454 e. The molecule has 0 saturated carbocycles. The summed E-state index contributed by atoms with van der Waals surface area (Å²) in [5.41, 5.74) is 2.92. The second-order valence-corrected chi connectivity index (χ2v) is 8.62. The van der Waals surface area contributed by atoms with E-state index in [-0.39, 0.29) is 0 Å². The molecule has 27 heavy (non-hydrogen) atoms. The minimum absolute atomic E-state index is 0.302. The van der Waals surface area contributed by atoms with Gasteiger partial charge in [0.2, 0.25) is 16.8 Å². The number of piperazine rings is 1. The van der Waals surface area contributed by atoms with E-state index in [1.807, 2.05) is 18.2 Å². The molecule has 7 nitrogen and oxygen atoms in total. The molecule has 0 unspecified atom stereocenters. The molecule has 0 radical (unpaired) electrons. The van der Waals surface area contributed by atoms with Crippen molar-refractivity contribution in [2.45, 2.75) is 6.54 Å². The molecule has 2 aliphatic heterocycles. The van der Waals surface area contributed by atoms with Crippen molar-refractivity contribution in [2.75, 3.05) is 48.8 Å². The van der Waals surface area contributed by atoms with Gasteiger partial charge in [0.25, 0.3) is 0 Å². The van der Waals surface area contributed by atoms with Gasteiger partial charge in [0.15, 0.2) is 11.5 Å². The first-order chi connectivity index (χ1) is 13.0. The van der Waals surface area contributed by atoms with Crippen LogP contribution >= 0.6 is 0 Å². The molecule has 0 bridgehead atoms. The molecular formula is C19H23N3O4S. The van der Waals surface area contributed by atoms with E-state index in [2.05, 4.69) is 26.7 Å². The van der Waals surface area contributed by atoms with E-state index in [4.69, 9.17) is 9.47 Å². The molecule has 0 aliphatic carbocycles. The summed E-state index contributed by atoms with van der Waals surface area (Å²) in [4.78, 5) is 4.74. The van der Waals surface area contributed by atoms with Crippen LogP contribution in [0.25, 0.3) is 0 Å². The van der Waals surface area contributed by atoms with Gasteiger partial charge in [-0.05, 0) is 42.0 Å². The summed E-state index contributed by atoms with van der Waals surface area (Å²) in [6.45, 7) is 5.00. The third-order valence-corrected chi connectivity index (χ3v) is 5.36. The Labute approximate surface area is 159 Å². The summed E-state index contributed by atoms with van der Waals surface area (Å²) < 4.78 is 35.9. The molecule has 0 amide bonds. The highest BCUT2D eigenvalue weighted by atomic mass is 32.2. The van der Waals surface area contributed by atoms with E-state index in [0.29, 0.717) is 12.5 Å². The molecule has 1 fully saturated rings. The molecule has 0 spiro atoms. The van der Waals surface area contributed by atoms with Crippen LogP contribution in [0.3, 0.4) is 0 Å². The summed E-state index contributed by atoms with van der Waals surface area (Å²) in [6, 6.07) is 13.6. The van der Waals surface area contributed by atoms with Crippen LogP contribution in [0, 0.1) is 0 Å². The Morgan fingerprint density at radius 1 is 0.963 bits per heavy atom. The van der Waals surface area contributed by atoms with E-state index >= 15 is 0 Å². The molecule has 1 saturated heterocycles. The Morgan fingerprint density at radius 3 is 2.37 bits per heavy atom. The highest BCUT2D eigenvalue weighted by molar-refractivity contribution is 7.92. The van der Waals surface area contributed by atoms with Crippen LogP contribution in [-0.4, -0.2) is 52.5 Å². The lowest BCUT2D eigenvalue weighted by Crippen LogP contribution is -2.45. The second kappa shape index (κ2) is 7.28. The molecule has 8 heteroatoms. The minimum atomic E-state index is -3.24. The monoisotopic (exact) mass is 389 g/mol. The highest BCUT2D eigenvalue weighted by Crippen LogP contribution is 2.33. The van der Waals surface area contributed by atoms with Crippen LogP contribution in [0.5, 0.6) is 11.5 Å². The number of hydrogen-bond acceptors (Lipinski definition) is 6. The lowest BCUT2D eigenvalue weighted by Gasteiger charge is -2.36. The van der Waals surface area contributed by atoms with E-state index in [1.165, 1.54) is 5.56 Å². The fourth-order valence-corrected chi connectivity index (χ4v) is 3.98. The molecular weight excluding hydrogens is 366 g/mol. The molecule has 0 aromatic heterocycles. The van der Waals surface area contributed by atoms with Crippen molar-refractivity contribution in [1.82, 2.24) is 4.90 Å². The quantitative estimate of drug-likeness (QED) is 0.845. The number of ether oxygens (including phenoxy) is 2. The average molecular weight is 389 g/mol. The van der Waals surface area contributed by atoms with Gasteiger partial charge < -0.3 is 14.4 Å². The molecule has 2 heterocycles. The Morgan fingerprint density at radius 2 is 1.67 bits per heavy atom. The van der Waals surface area contributed by atoms with Gasteiger partial charge >= 0.3 is 0 Å². The van der Waals surface area contributed by atoms with Crippen molar-refractivity contribution >= 4 is 21.4 Å². The number of hydrogen-bond donors (Lipinski definition) is 1. The Bertz CT molecular complexity index is 907. The summed E-state index contributed by atoms with van der Waals surface area (Å²) in [5.74, 6) is 1.64. The zero-order chi connectivity index (χ0) is 18.9. The van der Waals surface area contributed by atoms with Crippen LogP contribution in [0.15, 0.2) is 42.5 Å². The summed E-state index contributed by atoms with van der Waals surface area (Å²) >= 11 is 0. The standard InChI is InChI=1S/C19H23N3O4S/c1-27(23,24)20-16-3-5-17(6-4-16)22-10-8-21(9-11-22)13-15-2-7-18-19(12-15)26-14-25-18/h2-7,12,20H,8-11,13-14H2,1H3. The first-order valence-electron chi connectivity index (χ1n) is 8.90. The van der Waals surface area contributed by atoms with Gasteiger partial charge in [-0.15, -0.1) is 0 Å². The Kier molecular flexibility index (Phi) is 4.84. The molecule has 2 aliphatic rings. The zero-order valence-corrected chi connectivity index (χ0v) is 16.0. The van der Waals surface area contributed by atoms with Crippen LogP contribution in [0.1, 0.15) is 5.56 Å². The largest absolute Gasteiger partial charge is 0.454 e. The molecule has 4 rings (SSSR count). The number of sulfonamides is 1. The van der Waals surface area contributed by atoms with Gasteiger partial charge in [0, 0.05) is 44.1 Å². The van der Waals surface area contributed by atoms with Gasteiger partial charge in [-0.25, -0.2) is 8.42 Å². The smallest absolute Gasteiger partial charge is 0.231 e. The fourth-order valence-electron chi connectivity index (χ4n) is 3.42. The van der Waals surface area contributed by atoms with E-state index < -0.39 is 10.0 Å². The van der Waals surface area contributed by atoms with Crippen LogP contribution in [-0.2, 0) is 16.6 Å². The predicted octanol–water partition coefficient (Wildman–Crippen LogP) is 2.11. The number of benzene rings is 2. The third kappa shape index (κ3) is 4.45. The fraction of sp³-hybridized carbons (Fsp3) is 0.368. The van der Waals surface area contributed by atoms with Gasteiger partial charge in [-0.2, -0.15) is 0 Å². The van der Waals surface area contributed by atoms with Crippen LogP contribution in [0.4, 0.5) is 11.4 Å². The predicted molar refractivity (Wildman–Crippen MR) is 105 cm³/mol. The number of anilines is 2. The van der Waals surface area contributed by atoms with Gasteiger partial charge in [0.1, 0.15) is 0 Å². The third-order valence-electron chi connectivity index (χ3n) is 4.75.